The summed E-state index contributed by atoms with van der Waals surface area (Å²) in [4.78, 5) is 0. The van der Waals surface area contributed by atoms with Gasteiger partial charge in [-0.3, -0.25) is 0 Å². The van der Waals surface area contributed by atoms with E-state index in [0.29, 0.717) is 5.56 Å². The lowest BCUT2D eigenvalue weighted by Crippen LogP contribution is -2.09. The zero-order chi connectivity index (χ0) is 29.6. The van der Waals surface area contributed by atoms with Gasteiger partial charge in [-0.1, -0.05) is 85.3 Å². The fourth-order valence-electron chi connectivity index (χ4n) is 6.79. The quantitative estimate of drug-likeness (QED) is 0.0710. The molecule has 0 radical (unpaired) electrons. The standard InChI is InChI=1S/C36H26O7/c37-29-24(18-11-8-12-18)33(41)36-28(30(29)38)27-32(40)34(42)31(39)26(35(27)43-36)25-21-15-6-4-13-19(21)23(17-9-2-1-3-10-17)20-14-5-7-16-22(20)25/h1-7,9-10,13-16,18,37-42H,8,11-12H2. The molecular weight excluding hydrogens is 544 g/mol. The van der Waals surface area contributed by atoms with Crippen LogP contribution < -0.4 is 0 Å². The number of phenolic OH excluding ortho intramolecular Hbond substituents is 6. The van der Waals surface area contributed by atoms with Crippen LogP contribution in [0.2, 0.25) is 0 Å². The molecule has 8 rings (SSSR count). The monoisotopic (exact) mass is 570 g/mol. The average Bonchev–Trinajstić information content (AvgIpc) is 3.41. The summed E-state index contributed by atoms with van der Waals surface area (Å²) in [5, 5.41) is 70.1. The lowest BCUT2D eigenvalue weighted by Gasteiger charge is -2.27. The number of rotatable bonds is 3. The van der Waals surface area contributed by atoms with E-state index in [-0.39, 0.29) is 44.7 Å². The molecule has 1 fully saturated rings. The summed E-state index contributed by atoms with van der Waals surface area (Å²) in [6, 6.07) is 25.4. The van der Waals surface area contributed by atoms with Crippen LogP contribution in [-0.4, -0.2) is 30.6 Å². The second kappa shape index (κ2) is 8.97. The van der Waals surface area contributed by atoms with Gasteiger partial charge in [0.2, 0.25) is 5.75 Å². The number of hydrogen-bond acceptors (Lipinski definition) is 7. The molecule has 1 saturated carbocycles. The van der Waals surface area contributed by atoms with E-state index in [1.165, 1.54) is 0 Å². The van der Waals surface area contributed by atoms with E-state index >= 15 is 0 Å². The smallest absolute Gasteiger partial charge is 0.201 e. The molecule has 1 aliphatic rings. The molecule has 7 aromatic rings. The zero-order valence-electron chi connectivity index (χ0n) is 22.8. The minimum absolute atomic E-state index is 0.0543. The topological polar surface area (TPSA) is 135 Å². The number of phenols is 6. The van der Waals surface area contributed by atoms with E-state index in [0.717, 1.165) is 51.9 Å². The highest BCUT2D eigenvalue weighted by molar-refractivity contribution is 6.27. The number of hydrogen-bond donors (Lipinski definition) is 6. The van der Waals surface area contributed by atoms with E-state index in [1.54, 1.807) is 0 Å². The lowest BCUT2D eigenvalue weighted by atomic mass is 9.78. The normalized spacial score (nSPS) is 13.8. The molecule has 1 aromatic heterocycles. The van der Waals surface area contributed by atoms with Crippen LogP contribution >= 0.6 is 0 Å². The van der Waals surface area contributed by atoms with Gasteiger partial charge in [-0.25, -0.2) is 0 Å². The first-order valence-electron chi connectivity index (χ1n) is 14.2. The Morgan fingerprint density at radius 2 is 0.977 bits per heavy atom. The maximum atomic E-state index is 11.5. The second-order valence-corrected chi connectivity index (χ2v) is 11.2. The summed E-state index contributed by atoms with van der Waals surface area (Å²) < 4.78 is 6.24. The van der Waals surface area contributed by atoms with Crippen molar-refractivity contribution in [1.29, 1.82) is 0 Å². The molecule has 0 unspecified atom stereocenters. The molecule has 7 nitrogen and oxygen atoms in total. The van der Waals surface area contributed by atoms with Crippen LogP contribution in [0, 0.1) is 0 Å². The van der Waals surface area contributed by atoms with Crippen LogP contribution in [0.25, 0.3) is 65.7 Å². The molecule has 0 bridgehead atoms. The number of aromatic hydroxyl groups is 6. The zero-order valence-corrected chi connectivity index (χ0v) is 22.8. The van der Waals surface area contributed by atoms with Gasteiger partial charge in [0.25, 0.3) is 0 Å². The lowest BCUT2D eigenvalue weighted by molar-refractivity contribution is 0.353. The highest BCUT2D eigenvalue weighted by Crippen LogP contribution is 2.60. The maximum absolute atomic E-state index is 11.5. The molecule has 6 N–H and O–H groups in total. The third-order valence-electron chi connectivity index (χ3n) is 9.00. The van der Waals surface area contributed by atoms with Crippen LogP contribution in [0.5, 0.6) is 34.5 Å². The molecule has 0 aliphatic heterocycles. The van der Waals surface area contributed by atoms with E-state index in [1.807, 2.05) is 78.9 Å². The van der Waals surface area contributed by atoms with Crippen molar-refractivity contribution in [2.24, 2.45) is 0 Å². The molecule has 7 heteroatoms. The predicted octanol–water partition coefficient (Wildman–Crippen LogP) is 8.73. The third-order valence-corrected chi connectivity index (χ3v) is 9.00. The molecule has 0 saturated heterocycles. The van der Waals surface area contributed by atoms with Crippen molar-refractivity contribution in [1.82, 2.24) is 0 Å². The maximum Gasteiger partial charge on any atom is 0.201 e. The summed E-state index contributed by atoms with van der Waals surface area (Å²) in [5.41, 5.74) is 2.59. The summed E-state index contributed by atoms with van der Waals surface area (Å²) in [6.45, 7) is 0. The van der Waals surface area contributed by atoms with Gasteiger partial charge in [0.05, 0.1) is 16.3 Å². The minimum atomic E-state index is -0.813. The SMILES string of the molecule is Oc1c(O)c(O)c2c(oc3c(O)c(C4CCC4)c(O)c(O)c32)c1-c1c2ccccc2c(-c2ccccc2)c2ccccc12. The number of fused-ring (bicyclic) bond motifs is 5. The molecule has 0 spiro atoms. The minimum Gasteiger partial charge on any atom is -0.504 e. The highest BCUT2D eigenvalue weighted by atomic mass is 16.4. The van der Waals surface area contributed by atoms with Crippen molar-refractivity contribution in [3.8, 4) is 56.8 Å². The van der Waals surface area contributed by atoms with Crippen molar-refractivity contribution in [3.05, 3.63) is 84.4 Å². The fraction of sp³-hybridized carbons (Fsp3) is 0.111. The third kappa shape index (κ3) is 3.30. The first-order chi connectivity index (χ1) is 20.9. The molecule has 1 aliphatic carbocycles. The van der Waals surface area contributed by atoms with Gasteiger partial charge < -0.3 is 35.1 Å². The first-order valence-corrected chi connectivity index (χ1v) is 14.2. The summed E-state index contributed by atoms with van der Waals surface area (Å²) >= 11 is 0. The van der Waals surface area contributed by atoms with Crippen LogP contribution in [0.1, 0.15) is 30.7 Å². The largest absolute Gasteiger partial charge is 0.504 e. The number of benzene rings is 6. The molecule has 6 aromatic carbocycles. The Balaban J connectivity index is 1.58. The molecule has 43 heavy (non-hydrogen) atoms. The molecule has 212 valence electrons. The summed E-state index contributed by atoms with van der Waals surface area (Å²) in [5.74, 6) is -3.74. The van der Waals surface area contributed by atoms with Gasteiger partial charge in [-0.15, -0.1) is 0 Å². The fourth-order valence-corrected chi connectivity index (χ4v) is 6.79. The Labute approximate surface area is 244 Å². The van der Waals surface area contributed by atoms with Gasteiger partial charge in [-0.05, 0) is 51.4 Å². The van der Waals surface area contributed by atoms with Crippen LogP contribution in [-0.2, 0) is 0 Å². The Bertz CT molecular complexity index is 2220. The summed E-state index contributed by atoms with van der Waals surface area (Å²) in [7, 11) is 0. The van der Waals surface area contributed by atoms with Crippen molar-refractivity contribution < 1.29 is 35.1 Å². The van der Waals surface area contributed by atoms with Gasteiger partial charge in [0.15, 0.2) is 39.9 Å². The van der Waals surface area contributed by atoms with E-state index in [9.17, 15) is 30.6 Å². The number of furan rings is 1. The van der Waals surface area contributed by atoms with Crippen LogP contribution in [0.15, 0.2) is 83.3 Å². The van der Waals surface area contributed by atoms with Crippen molar-refractivity contribution in [3.63, 3.8) is 0 Å². The van der Waals surface area contributed by atoms with Crippen molar-refractivity contribution >= 4 is 43.5 Å². The van der Waals surface area contributed by atoms with E-state index in [2.05, 4.69) is 0 Å². The predicted molar refractivity (Wildman–Crippen MR) is 166 cm³/mol. The molecule has 0 atom stereocenters. The molecular formula is C36H26O7. The van der Waals surface area contributed by atoms with E-state index < -0.39 is 28.7 Å². The van der Waals surface area contributed by atoms with Gasteiger partial charge in [0.1, 0.15) is 0 Å². The summed E-state index contributed by atoms with van der Waals surface area (Å²) in [6.07, 6.45) is 2.39. The van der Waals surface area contributed by atoms with Gasteiger partial charge >= 0.3 is 0 Å². The Hall–Kier alpha value is -5.56. The molecule has 0 amide bonds. The Kier molecular flexibility index (Phi) is 5.25. The first kappa shape index (κ1) is 25.2. The Morgan fingerprint density at radius 3 is 1.53 bits per heavy atom. The van der Waals surface area contributed by atoms with Gasteiger partial charge in [-0.2, -0.15) is 0 Å². The van der Waals surface area contributed by atoms with Crippen molar-refractivity contribution in [2.75, 3.05) is 0 Å². The molecule has 1 heterocycles. The van der Waals surface area contributed by atoms with Gasteiger partial charge in [0, 0.05) is 11.1 Å². The van der Waals surface area contributed by atoms with Crippen LogP contribution in [0.3, 0.4) is 0 Å². The Morgan fingerprint density at radius 1 is 0.465 bits per heavy atom. The highest BCUT2D eigenvalue weighted by Gasteiger charge is 2.35. The van der Waals surface area contributed by atoms with E-state index in [4.69, 9.17) is 4.42 Å². The van der Waals surface area contributed by atoms with Crippen LogP contribution in [0.4, 0.5) is 0 Å². The average molecular weight is 571 g/mol. The van der Waals surface area contributed by atoms with Crippen molar-refractivity contribution in [2.45, 2.75) is 25.2 Å². The second-order valence-electron chi connectivity index (χ2n) is 11.2.